The molecule has 0 atom stereocenters. The summed E-state index contributed by atoms with van der Waals surface area (Å²) in [6.07, 6.45) is 0. The molecule has 0 spiro atoms. The van der Waals surface area contributed by atoms with Crippen LogP contribution < -0.4 is 0 Å². The number of fused-ring (bicyclic) bond motifs is 7. The Morgan fingerprint density at radius 1 is 0.583 bits per heavy atom. The van der Waals surface area contributed by atoms with Gasteiger partial charge in [-0.2, -0.15) is 0 Å². The van der Waals surface area contributed by atoms with E-state index in [-0.39, 0.29) is 0 Å². The zero-order valence-corrected chi connectivity index (χ0v) is 14.2. The molecule has 1 aliphatic carbocycles. The summed E-state index contributed by atoms with van der Waals surface area (Å²) in [7, 11) is 0. The summed E-state index contributed by atoms with van der Waals surface area (Å²) in [6, 6.07) is 24.0. The van der Waals surface area contributed by atoms with Gasteiger partial charge in [0.15, 0.2) is 0 Å². The maximum Gasteiger partial charge on any atom is 0.0584 e. The van der Waals surface area contributed by atoms with Crippen LogP contribution in [0.5, 0.6) is 0 Å². The number of thiophene rings is 1. The Kier molecular flexibility index (Phi) is 2.37. The van der Waals surface area contributed by atoms with Gasteiger partial charge in [0.2, 0.25) is 0 Å². The number of hydrogen-bond donors (Lipinski definition) is 0. The fourth-order valence-electron chi connectivity index (χ4n) is 4.09. The molecule has 0 saturated carbocycles. The van der Waals surface area contributed by atoms with Crippen molar-refractivity contribution in [2.45, 2.75) is 0 Å². The minimum atomic E-state index is 0.844. The van der Waals surface area contributed by atoms with Crippen LogP contribution in [0.15, 0.2) is 66.7 Å². The highest BCUT2D eigenvalue weighted by Gasteiger charge is 2.23. The standard InChI is InChI=1S/C22H11ClS/c23-19-10-4-8-15-18-11-17-13-6-2-1-5-12(13)14-7-3-9-16(20(14)17)21(18)24-22(15)19/h1-11H. The molecular formula is C22H11ClS. The Labute approximate surface area is 147 Å². The van der Waals surface area contributed by atoms with Crippen LogP contribution in [0.2, 0.25) is 5.02 Å². The quantitative estimate of drug-likeness (QED) is 0.268. The maximum atomic E-state index is 6.46. The van der Waals surface area contributed by atoms with Crippen molar-refractivity contribution in [1.82, 2.24) is 0 Å². The van der Waals surface area contributed by atoms with Crippen molar-refractivity contribution in [3.8, 4) is 22.3 Å². The third kappa shape index (κ3) is 1.45. The first-order chi connectivity index (χ1) is 11.8. The Morgan fingerprint density at radius 3 is 2.17 bits per heavy atom. The molecule has 0 bridgehead atoms. The maximum absolute atomic E-state index is 6.46. The highest BCUT2D eigenvalue weighted by molar-refractivity contribution is 7.27. The highest BCUT2D eigenvalue weighted by Crippen LogP contribution is 2.52. The first-order valence-electron chi connectivity index (χ1n) is 7.99. The lowest BCUT2D eigenvalue weighted by Gasteiger charge is -2.04. The van der Waals surface area contributed by atoms with Crippen LogP contribution in [-0.4, -0.2) is 0 Å². The van der Waals surface area contributed by atoms with Gasteiger partial charge in [-0.1, -0.05) is 66.2 Å². The summed E-state index contributed by atoms with van der Waals surface area (Å²) in [5, 5.41) is 6.14. The summed E-state index contributed by atoms with van der Waals surface area (Å²) >= 11 is 8.27. The zero-order chi connectivity index (χ0) is 15.8. The predicted octanol–water partition coefficient (Wildman–Crippen LogP) is 7.51. The molecule has 1 heterocycles. The summed E-state index contributed by atoms with van der Waals surface area (Å²) < 4.78 is 2.53. The molecule has 1 aliphatic rings. The molecule has 24 heavy (non-hydrogen) atoms. The van der Waals surface area contributed by atoms with Crippen LogP contribution in [0.3, 0.4) is 0 Å². The highest BCUT2D eigenvalue weighted by atomic mass is 35.5. The molecule has 5 aromatic rings. The minimum Gasteiger partial charge on any atom is -0.133 e. The first kappa shape index (κ1) is 13.0. The Hall–Kier alpha value is -2.35. The minimum absolute atomic E-state index is 0.844. The molecule has 2 heteroatoms. The average Bonchev–Trinajstić information content (AvgIpc) is 3.15. The van der Waals surface area contributed by atoms with Crippen LogP contribution in [0.1, 0.15) is 0 Å². The fraction of sp³-hybridized carbons (Fsp3) is 0. The lowest BCUT2D eigenvalue weighted by molar-refractivity contribution is 1.70. The van der Waals surface area contributed by atoms with Gasteiger partial charge in [0.25, 0.3) is 0 Å². The molecule has 112 valence electrons. The van der Waals surface area contributed by atoms with E-state index in [4.69, 9.17) is 11.6 Å². The second-order valence-electron chi connectivity index (χ2n) is 6.29. The summed E-state index contributed by atoms with van der Waals surface area (Å²) in [4.78, 5) is 0. The van der Waals surface area contributed by atoms with Crippen molar-refractivity contribution in [2.24, 2.45) is 0 Å². The van der Waals surface area contributed by atoms with E-state index in [1.54, 1.807) is 0 Å². The summed E-state index contributed by atoms with van der Waals surface area (Å²) in [5.41, 5.74) is 5.39. The Bertz CT molecular complexity index is 1310. The van der Waals surface area contributed by atoms with Crippen molar-refractivity contribution in [2.75, 3.05) is 0 Å². The van der Waals surface area contributed by atoms with Crippen molar-refractivity contribution in [3.63, 3.8) is 0 Å². The second-order valence-corrected chi connectivity index (χ2v) is 7.72. The van der Waals surface area contributed by atoms with Crippen molar-refractivity contribution in [1.29, 1.82) is 0 Å². The molecule has 0 saturated heterocycles. The lowest BCUT2D eigenvalue weighted by Crippen LogP contribution is -1.77. The SMILES string of the molecule is Clc1cccc2c1sc1c3cccc4c3c(cc21)-c1ccccc1-4. The van der Waals surface area contributed by atoms with Gasteiger partial charge < -0.3 is 0 Å². The molecule has 0 radical (unpaired) electrons. The van der Waals surface area contributed by atoms with Crippen LogP contribution in [0.4, 0.5) is 0 Å². The van der Waals surface area contributed by atoms with Gasteiger partial charge in [0.1, 0.15) is 0 Å². The molecule has 0 nitrogen and oxygen atoms in total. The number of hydrogen-bond acceptors (Lipinski definition) is 1. The molecule has 0 unspecified atom stereocenters. The Balaban J connectivity index is 1.93. The molecule has 4 aromatic carbocycles. The third-order valence-electron chi connectivity index (χ3n) is 5.08. The van der Waals surface area contributed by atoms with Crippen LogP contribution in [0, 0.1) is 0 Å². The largest absolute Gasteiger partial charge is 0.133 e. The van der Waals surface area contributed by atoms with Crippen molar-refractivity contribution in [3.05, 3.63) is 71.8 Å². The van der Waals surface area contributed by atoms with E-state index in [1.807, 2.05) is 23.5 Å². The first-order valence-corrected chi connectivity index (χ1v) is 9.18. The van der Waals surface area contributed by atoms with E-state index in [0.29, 0.717) is 0 Å². The van der Waals surface area contributed by atoms with E-state index in [2.05, 4.69) is 54.6 Å². The normalized spacial score (nSPS) is 12.4. The van der Waals surface area contributed by atoms with E-state index in [9.17, 15) is 0 Å². The van der Waals surface area contributed by atoms with Gasteiger partial charge in [0, 0.05) is 20.9 Å². The van der Waals surface area contributed by atoms with E-state index < -0.39 is 0 Å². The van der Waals surface area contributed by atoms with Crippen molar-refractivity contribution < 1.29 is 0 Å². The topological polar surface area (TPSA) is 0 Å². The van der Waals surface area contributed by atoms with Gasteiger partial charge >= 0.3 is 0 Å². The lowest BCUT2D eigenvalue weighted by atomic mass is 10.00. The molecule has 6 rings (SSSR count). The van der Waals surface area contributed by atoms with E-state index in [0.717, 1.165) is 5.02 Å². The molecule has 0 N–H and O–H groups in total. The van der Waals surface area contributed by atoms with Gasteiger partial charge in [-0.05, 0) is 39.8 Å². The predicted molar refractivity (Wildman–Crippen MR) is 106 cm³/mol. The Morgan fingerprint density at radius 2 is 1.29 bits per heavy atom. The fourth-order valence-corrected chi connectivity index (χ4v) is 5.59. The van der Waals surface area contributed by atoms with Gasteiger partial charge in [-0.15, -0.1) is 11.3 Å². The monoisotopic (exact) mass is 342 g/mol. The van der Waals surface area contributed by atoms with Crippen molar-refractivity contribution >= 4 is 53.9 Å². The van der Waals surface area contributed by atoms with E-state index in [1.165, 1.54) is 53.2 Å². The molecule has 0 fully saturated rings. The molecular weight excluding hydrogens is 332 g/mol. The number of benzene rings is 4. The molecule has 1 aromatic heterocycles. The number of halogens is 1. The van der Waals surface area contributed by atoms with E-state index >= 15 is 0 Å². The van der Waals surface area contributed by atoms with Crippen LogP contribution in [-0.2, 0) is 0 Å². The molecule has 0 aliphatic heterocycles. The van der Waals surface area contributed by atoms with Gasteiger partial charge in [-0.25, -0.2) is 0 Å². The number of rotatable bonds is 0. The van der Waals surface area contributed by atoms with Gasteiger partial charge in [-0.3, -0.25) is 0 Å². The van der Waals surface area contributed by atoms with Crippen LogP contribution >= 0.6 is 22.9 Å². The van der Waals surface area contributed by atoms with Crippen LogP contribution in [0.25, 0.3) is 53.2 Å². The molecule has 0 amide bonds. The second kappa shape index (κ2) is 4.38. The summed E-state index contributed by atoms with van der Waals surface area (Å²) in [5.74, 6) is 0. The third-order valence-corrected chi connectivity index (χ3v) is 6.80. The smallest absolute Gasteiger partial charge is 0.0584 e. The summed E-state index contributed by atoms with van der Waals surface area (Å²) in [6.45, 7) is 0. The van der Waals surface area contributed by atoms with Gasteiger partial charge in [0.05, 0.1) is 9.72 Å². The zero-order valence-electron chi connectivity index (χ0n) is 12.6. The average molecular weight is 343 g/mol.